The molecule has 0 fully saturated rings. The van der Waals surface area contributed by atoms with Crippen LogP contribution in [0.2, 0.25) is 0 Å². The lowest BCUT2D eigenvalue weighted by Crippen LogP contribution is -2.25. The summed E-state index contributed by atoms with van der Waals surface area (Å²) in [5.74, 6) is -2.33. The molecule has 0 aliphatic rings. The van der Waals surface area contributed by atoms with Crippen LogP contribution in [-0.2, 0) is 9.59 Å². The standard InChI is InChI=1S/C20H34Cl4O4/c21-19(22,17(25)26)15-13-11-9-7-5-3-1-2-4-6-8-10-12-14-16-20(23,24)18(27)28/h1-16H2,(H,25,26)(H,27,28). The third kappa shape index (κ3) is 15.0. The molecule has 0 aliphatic heterocycles. The number of hydrogen-bond donors (Lipinski definition) is 2. The van der Waals surface area contributed by atoms with Crippen molar-refractivity contribution in [3.63, 3.8) is 0 Å². The molecule has 28 heavy (non-hydrogen) atoms. The number of carboxylic acid groups (broad SMARTS) is 2. The van der Waals surface area contributed by atoms with Crippen molar-refractivity contribution in [1.82, 2.24) is 0 Å². The van der Waals surface area contributed by atoms with E-state index in [1.54, 1.807) is 0 Å². The topological polar surface area (TPSA) is 74.6 Å². The van der Waals surface area contributed by atoms with E-state index in [4.69, 9.17) is 56.6 Å². The van der Waals surface area contributed by atoms with Gasteiger partial charge in [-0.2, -0.15) is 0 Å². The zero-order chi connectivity index (χ0) is 21.5. The molecule has 2 N–H and O–H groups in total. The van der Waals surface area contributed by atoms with Crippen LogP contribution in [0.5, 0.6) is 0 Å². The summed E-state index contributed by atoms with van der Waals surface area (Å²) >= 11 is 22.8. The molecule has 0 radical (unpaired) electrons. The molecule has 0 aromatic heterocycles. The molecule has 0 aliphatic carbocycles. The van der Waals surface area contributed by atoms with Gasteiger partial charge >= 0.3 is 11.9 Å². The highest BCUT2D eigenvalue weighted by atomic mass is 35.5. The van der Waals surface area contributed by atoms with Gasteiger partial charge in [0, 0.05) is 0 Å². The van der Waals surface area contributed by atoms with Gasteiger partial charge in [-0.15, -0.1) is 0 Å². The molecule has 0 aromatic rings. The van der Waals surface area contributed by atoms with Crippen LogP contribution < -0.4 is 0 Å². The molecule has 0 spiro atoms. The monoisotopic (exact) mass is 478 g/mol. The number of alkyl halides is 4. The van der Waals surface area contributed by atoms with Crippen LogP contribution in [0.15, 0.2) is 0 Å². The molecule has 0 saturated heterocycles. The summed E-state index contributed by atoms with van der Waals surface area (Å²) in [7, 11) is 0. The smallest absolute Gasteiger partial charge is 0.340 e. The summed E-state index contributed by atoms with van der Waals surface area (Å²) in [6, 6.07) is 0. The fraction of sp³-hybridized carbons (Fsp3) is 0.900. The molecular weight excluding hydrogens is 446 g/mol. The van der Waals surface area contributed by atoms with Gasteiger partial charge in [0.05, 0.1) is 0 Å². The molecule has 4 nitrogen and oxygen atoms in total. The normalized spacial score (nSPS) is 12.3. The Balaban J connectivity index is 3.28. The summed E-state index contributed by atoms with van der Waals surface area (Å²) in [4.78, 5) is 21.5. The summed E-state index contributed by atoms with van der Waals surface area (Å²) in [5.41, 5.74) is 0. The van der Waals surface area contributed by atoms with Crippen molar-refractivity contribution in [2.24, 2.45) is 0 Å². The molecule has 0 aromatic carbocycles. The minimum absolute atomic E-state index is 0.295. The third-order valence-electron chi connectivity index (χ3n) is 4.86. The lowest BCUT2D eigenvalue weighted by atomic mass is 10.0. The van der Waals surface area contributed by atoms with Crippen molar-refractivity contribution in [1.29, 1.82) is 0 Å². The SMILES string of the molecule is O=C(O)C(Cl)(Cl)CCCCCCCCCCCCCCCCC(Cl)(Cl)C(=O)O. The predicted molar refractivity (Wildman–Crippen MR) is 118 cm³/mol. The van der Waals surface area contributed by atoms with Gasteiger partial charge in [-0.25, -0.2) is 9.59 Å². The second kappa shape index (κ2) is 15.9. The lowest BCUT2D eigenvalue weighted by molar-refractivity contribution is -0.138. The zero-order valence-corrected chi connectivity index (χ0v) is 19.6. The molecule has 0 unspecified atom stereocenters. The number of aliphatic carboxylic acids is 2. The summed E-state index contributed by atoms with van der Waals surface area (Å²) in [5, 5.41) is 17.6. The highest BCUT2D eigenvalue weighted by Crippen LogP contribution is 2.29. The van der Waals surface area contributed by atoms with Crippen molar-refractivity contribution in [2.75, 3.05) is 0 Å². The van der Waals surface area contributed by atoms with E-state index < -0.39 is 20.6 Å². The average Bonchev–Trinajstić information content (AvgIpc) is 2.60. The average molecular weight is 480 g/mol. The highest BCUT2D eigenvalue weighted by Gasteiger charge is 2.33. The number of carboxylic acids is 2. The van der Waals surface area contributed by atoms with E-state index in [0.29, 0.717) is 12.8 Å². The molecule has 0 bridgehead atoms. The Bertz CT molecular complexity index is 402. The van der Waals surface area contributed by atoms with Crippen molar-refractivity contribution in [3.05, 3.63) is 0 Å². The number of carbonyl (C=O) groups is 2. The van der Waals surface area contributed by atoms with Crippen LogP contribution in [-0.4, -0.2) is 30.8 Å². The van der Waals surface area contributed by atoms with E-state index in [2.05, 4.69) is 0 Å². The maximum atomic E-state index is 10.8. The van der Waals surface area contributed by atoms with E-state index in [1.807, 2.05) is 0 Å². The molecule has 0 atom stereocenters. The first-order valence-electron chi connectivity index (χ1n) is 10.3. The summed E-state index contributed by atoms with van der Waals surface area (Å²) < 4.78 is -3.28. The predicted octanol–water partition coefficient (Wildman–Crippen LogP) is 7.75. The van der Waals surface area contributed by atoms with Crippen LogP contribution in [0.3, 0.4) is 0 Å². The van der Waals surface area contributed by atoms with Gasteiger partial charge in [0.2, 0.25) is 8.67 Å². The maximum Gasteiger partial charge on any atom is 0.340 e. The van der Waals surface area contributed by atoms with E-state index in [-0.39, 0.29) is 0 Å². The fourth-order valence-corrected chi connectivity index (χ4v) is 3.56. The minimum Gasteiger partial charge on any atom is -0.479 e. The van der Waals surface area contributed by atoms with E-state index in [1.165, 1.54) is 51.4 Å². The highest BCUT2D eigenvalue weighted by molar-refractivity contribution is 6.57. The van der Waals surface area contributed by atoms with Crippen molar-refractivity contribution in [2.45, 2.75) is 111 Å². The largest absolute Gasteiger partial charge is 0.479 e. The lowest BCUT2D eigenvalue weighted by Gasteiger charge is -2.13. The van der Waals surface area contributed by atoms with Gasteiger partial charge < -0.3 is 10.2 Å². The van der Waals surface area contributed by atoms with Crippen molar-refractivity contribution in [3.8, 4) is 0 Å². The summed E-state index contributed by atoms with van der Waals surface area (Å²) in [6.07, 6.45) is 16.0. The number of rotatable bonds is 19. The van der Waals surface area contributed by atoms with Crippen LogP contribution >= 0.6 is 46.4 Å². The van der Waals surface area contributed by atoms with Gasteiger partial charge in [0.15, 0.2) is 0 Å². The Morgan fingerprint density at radius 3 is 0.821 bits per heavy atom. The second-order valence-electron chi connectivity index (χ2n) is 7.47. The van der Waals surface area contributed by atoms with Crippen LogP contribution in [0.4, 0.5) is 0 Å². The Morgan fingerprint density at radius 1 is 0.464 bits per heavy atom. The van der Waals surface area contributed by atoms with Gasteiger partial charge in [0.1, 0.15) is 0 Å². The first kappa shape index (κ1) is 28.1. The van der Waals surface area contributed by atoms with E-state index >= 15 is 0 Å². The minimum atomic E-state index is -1.64. The molecule has 0 amide bonds. The number of unbranched alkanes of at least 4 members (excludes halogenated alkanes) is 13. The van der Waals surface area contributed by atoms with Crippen LogP contribution in [0.1, 0.15) is 103 Å². The molecule has 0 heterocycles. The quantitative estimate of drug-likeness (QED) is 0.146. The molecular formula is C20H34Cl4O4. The molecule has 8 heteroatoms. The second-order valence-corrected chi connectivity index (χ2v) is 10.4. The molecule has 0 rings (SSSR count). The van der Waals surface area contributed by atoms with Crippen molar-refractivity contribution < 1.29 is 19.8 Å². The molecule has 166 valence electrons. The fourth-order valence-electron chi connectivity index (χ4n) is 3.03. The maximum absolute atomic E-state index is 10.8. The zero-order valence-electron chi connectivity index (χ0n) is 16.5. The Kier molecular flexibility index (Phi) is 15.9. The van der Waals surface area contributed by atoms with Crippen molar-refractivity contribution >= 4 is 58.3 Å². The van der Waals surface area contributed by atoms with Gasteiger partial charge in [-0.1, -0.05) is 123 Å². The number of halogens is 4. The van der Waals surface area contributed by atoms with Gasteiger partial charge in [-0.05, 0) is 25.7 Å². The third-order valence-corrected chi connectivity index (χ3v) is 6.26. The van der Waals surface area contributed by atoms with E-state index in [9.17, 15) is 9.59 Å². The van der Waals surface area contributed by atoms with Gasteiger partial charge in [-0.3, -0.25) is 0 Å². The Hall–Kier alpha value is 0.1000. The van der Waals surface area contributed by atoms with Crippen LogP contribution in [0.25, 0.3) is 0 Å². The number of hydrogen-bond acceptors (Lipinski definition) is 2. The first-order valence-corrected chi connectivity index (χ1v) is 11.8. The van der Waals surface area contributed by atoms with Crippen LogP contribution in [0, 0.1) is 0 Å². The first-order chi connectivity index (χ1) is 13.1. The summed E-state index contributed by atoms with van der Waals surface area (Å²) in [6.45, 7) is 0. The van der Waals surface area contributed by atoms with E-state index in [0.717, 1.165) is 38.5 Å². The Morgan fingerprint density at radius 2 is 0.643 bits per heavy atom. The Labute approximate surface area is 189 Å². The van der Waals surface area contributed by atoms with Gasteiger partial charge in [0.25, 0.3) is 0 Å². The molecule has 0 saturated carbocycles.